The van der Waals surface area contributed by atoms with Crippen molar-refractivity contribution in [2.45, 2.75) is 31.1 Å². The Bertz CT molecular complexity index is 2830. The quantitative estimate of drug-likeness (QED) is 0.179. The summed E-state index contributed by atoms with van der Waals surface area (Å²) in [7, 11) is 0. The third kappa shape index (κ3) is 4.90. The zero-order valence-corrected chi connectivity index (χ0v) is 30.5. The van der Waals surface area contributed by atoms with Gasteiger partial charge in [-0.25, -0.2) is 15.0 Å². The minimum atomic E-state index is 0.149. The zero-order chi connectivity index (χ0) is 35.6. The molecule has 1 spiro atoms. The lowest BCUT2D eigenvalue weighted by Crippen LogP contribution is -2.20. The second-order valence-corrected chi connectivity index (χ2v) is 15.7. The van der Waals surface area contributed by atoms with Crippen LogP contribution in [0.5, 0.6) is 0 Å². The molecular weight excluding hydrogens is 675 g/mol. The van der Waals surface area contributed by atoms with Crippen molar-refractivity contribution < 1.29 is 0 Å². The lowest BCUT2D eigenvalue weighted by Gasteiger charge is -2.27. The summed E-state index contributed by atoms with van der Waals surface area (Å²) < 4.78 is 2.63. The van der Waals surface area contributed by atoms with Gasteiger partial charge in [-0.3, -0.25) is 0 Å². The summed E-state index contributed by atoms with van der Waals surface area (Å²) in [5, 5.41) is 2.60. The number of aromatic nitrogens is 3. The number of fused-ring (bicyclic) bond motifs is 8. The van der Waals surface area contributed by atoms with Crippen LogP contribution >= 0.6 is 11.3 Å². The van der Waals surface area contributed by atoms with Gasteiger partial charge in [-0.2, -0.15) is 0 Å². The molecule has 0 radical (unpaired) electrons. The number of hydrogen-bond donors (Lipinski definition) is 0. The molecule has 2 aliphatic carbocycles. The molecule has 0 unspecified atom stereocenters. The Hall–Kier alpha value is -6.23. The fourth-order valence-corrected chi connectivity index (χ4v) is 10.6. The molecule has 11 rings (SSSR count). The molecule has 3 nitrogen and oxygen atoms in total. The van der Waals surface area contributed by atoms with Crippen LogP contribution in [0.4, 0.5) is 0 Å². The first kappa shape index (κ1) is 31.3. The van der Waals surface area contributed by atoms with Gasteiger partial charge >= 0.3 is 0 Å². The van der Waals surface area contributed by atoms with Crippen molar-refractivity contribution in [1.29, 1.82) is 0 Å². The number of nitrogens with zero attached hydrogens (tertiary/aromatic N) is 3. The van der Waals surface area contributed by atoms with E-state index in [1.165, 1.54) is 84.8 Å². The van der Waals surface area contributed by atoms with Crippen LogP contribution in [0.25, 0.3) is 87.7 Å². The molecule has 0 bridgehead atoms. The molecule has 4 heteroatoms. The van der Waals surface area contributed by atoms with Crippen molar-refractivity contribution in [1.82, 2.24) is 15.0 Å². The number of hydrogen-bond acceptors (Lipinski definition) is 4. The highest BCUT2D eigenvalue weighted by molar-refractivity contribution is 7.26. The molecule has 2 heterocycles. The number of rotatable bonds is 5. The van der Waals surface area contributed by atoms with E-state index in [-0.39, 0.29) is 5.41 Å². The van der Waals surface area contributed by atoms with Crippen LogP contribution in [0.1, 0.15) is 36.8 Å². The first-order chi connectivity index (χ1) is 26.7. The highest BCUT2D eigenvalue weighted by Gasteiger charge is 2.44. The van der Waals surface area contributed by atoms with Crippen LogP contribution in [0.2, 0.25) is 0 Å². The predicted molar refractivity (Wildman–Crippen MR) is 225 cm³/mol. The summed E-state index contributed by atoms with van der Waals surface area (Å²) in [4.78, 5) is 15.0. The predicted octanol–water partition coefficient (Wildman–Crippen LogP) is 13.4. The summed E-state index contributed by atoms with van der Waals surface area (Å²) in [5.41, 5.74) is 13.9. The summed E-state index contributed by atoms with van der Waals surface area (Å²) >= 11 is 1.91. The smallest absolute Gasteiger partial charge is 0.164 e. The Morgan fingerprint density at radius 1 is 0.370 bits per heavy atom. The fraction of sp³-hybridized carbons (Fsp3) is 0.100. The molecule has 0 N–H and O–H groups in total. The molecule has 1 saturated carbocycles. The first-order valence-electron chi connectivity index (χ1n) is 18.9. The van der Waals surface area contributed by atoms with Crippen LogP contribution in [-0.2, 0) is 5.41 Å². The van der Waals surface area contributed by atoms with Crippen LogP contribution < -0.4 is 0 Å². The molecule has 0 saturated heterocycles. The minimum Gasteiger partial charge on any atom is -0.208 e. The van der Waals surface area contributed by atoms with Crippen LogP contribution in [0.3, 0.4) is 0 Å². The second-order valence-electron chi connectivity index (χ2n) is 14.7. The van der Waals surface area contributed by atoms with Crippen LogP contribution in [-0.4, -0.2) is 15.0 Å². The van der Waals surface area contributed by atoms with Crippen LogP contribution in [0.15, 0.2) is 164 Å². The maximum atomic E-state index is 5.02. The van der Waals surface area contributed by atoms with Crippen molar-refractivity contribution >= 4 is 31.5 Å². The minimum absolute atomic E-state index is 0.149. The molecule has 0 aliphatic heterocycles. The average molecular weight is 710 g/mol. The van der Waals surface area contributed by atoms with E-state index in [9.17, 15) is 0 Å². The van der Waals surface area contributed by atoms with Gasteiger partial charge in [0, 0.05) is 42.3 Å². The molecule has 1 fully saturated rings. The largest absolute Gasteiger partial charge is 0.208 e. The Morgan fingerprint density at radius 2 is 0.852 bits per heavy atom. The highest BCUT2D eigenvalue weighted by Crippen LogP contribution is 2.57. The summed E-state index contributed by atoms with van der Waals surface area (Å²) in [5.74, 6) is 1.99. The third-order valence-electron chi connectivity index (χ3n) is 11.7. The molecule has 9 aromatic rings. The molecule has 2 aromatic heterocycles. The van der Waals surface area contributed by atoms with E-state index < -0.39 is 0 Å². The van der Waals surface area contributed by atoms with Gasteiger partial charge in [-0.1, -0.05) is 165 Å². The third-order valence-corrected chi connectivity index (χ3v) is 13.0. The van der Waals surface area contributed by atoms with Gasteiger partial charge in [0.2, 0.25) is 0 Å². The highest BCUT2D eigenvalue weighted by atomic mass is 32.1. The normalized spacial score (nSPS) is 14.1. The maximum absolute atomic E-state index is 5.02. The van der Waals surface area contributed by atoms with E-state index >= 15 is 0 Å². The molecule has 256 valence electrons. The fourth-order valence-electron chi connectivity index (χ4n) is 9.18. The summed E-state index contributed by atoms with van der Waals surface area (Å²) in [6, 6.07) is 59.0. The Labute approximate surface area is 318 Å². The van der Waals surface area contributed by atoms with Crippen molar-refractivity contribution in [2.24, 2.45) is 0 Å². The van der Waals surface area contributed by atoms with Crippen molar-refractivity contribution in [3.05, 3.63) is 175 Å². The molecular formula is C50H35N3S. The van der Waals surface area contributed by atoms with Crippen molar-refractivity contribution in [3.8, 4) is 67.5 Å². The van der Waals surface area contributed by atoms with Gasteiger partial charge in [-0.05, 0) is 69.5 Å². The van der Waals surface area contributed by atoms with E-state index in [1.54, 1.807) is 0 Å². The van der Waals surface area contributed by atoms with E-state index in [1.807, 2.05) is 47.7 Å². The average Bonchev–Trinajstić information content (AvgIpc) is 3.97. The number of thiophene rings is 1. The van der Waals surface area contributed by atoms with E-state index in [0.717, 1.165) is 22.3 Å². The molecule has 54 heavy (non-hydrogen) atoms. The molecule has 7 aromatic carbocycles. The van der Waals surface area contributed by atoms with Gasteiger partial charge in [0.1, 0.15) is 0 Å². The van der Waals surface area contributed by atoms with E-state index in [4.69, 9.17) is 15.0 Å². The van der Waals surface area contributed by atoms with Gasteiger partial charge in [0.05, 0.1) is 0 Å². The Kier molecular flexibility index (Phi) is 7.21. The zero-order valence-electron chi connectivity index (χ0n) is 29.7. The van der Waals surface area contributed by atoms with Crippen molar-refractivity contribution in [2.75, 3.05) is 0 Å². The van der Waals surface area contributed by atoms with Crippen molar-refractivity contribution in [3.63, 3.8) is 0 Å². The van der Waals surface area contributed by atoms with Crippen LogP contribution in [0, 0.1) is 0 Å². The standard InChI is InChI=1S/C50H35N3S/c1-3-14-32(15-4-1)47-51-48(33-16-5-2-6-17-33)53-49(52-47)36-19-11-18-34(30-36)37-21-12-23-41-42-24-13-22-38(46(42)54-45(37)41)35-26-27-40-39-20-7-8-25-43(39)50(44(40)31-35)28-9-10-29-50/h1-8,11-27,30-31H,9-10,28-29H2. The van der Waals surface area contributed by atoms with Gasteiger partial charge in [-0.15, -0.1) is 11.3 Å². The van der Waals surface area contributed by atoms with Gasteiger partial charge < -0.3 is 0 Å². The monoisotopic (exact) mass is 709 g/mol. The van der Waals surface area contributed by atoms with Gasteiger partial charge in [0.15, 0.2) is 17.5 Å². The SMILES string of the molecule is c1ccc(-c2nc(-c3ccccc3)nc(-c3cccc(-c4cccc5c4sc4c(-c6ccc7c(c6)C6(CCCC6)c6ccccc6-7)cccc45)c3)n2)cc1. The lowest BCUT2D eigenvalue weighted by molar-refractivity contribution is 0.550. The lowest BCUT2D eigenvalue weighted by atomic mass is 9.76. The van der Waals surface area contributed by atoms with E-state index in [0.29, 0.717) is 17.5 Å². The molecule has 2 aliphatic rings. The Morgan fingerprint density at radius 3 is 1.50 bits per heavy atom. The van der Waals surface area contributed by atoms with Gasteiger partial charge in [0.25, 0.3) is 0 Å². The summed E-state index contributed by atoms with van der Waals surface area (Å²) in [6.45, 7) is 0. The number of benzene rings is 7. The first-order valence-corrected chi connectivity index (χ1v) is 19.7. The topological polar surface area (TPSA) is 38.7 Å². The molecule has 0 atom stereocenters. The maximum Gasteiger partial charge on any atom is 0.164 e. The van der Waals surface area contributed by atoms with E-state index in [2.05, 4.69) is 127 Å². The molecule has 0 amide bonds. The Balaban J connectivity index is 1.03. The summed E-state index contributed by atoms with van der Waals surface area (Å²) in [6.07, 6.45) is 5.07. The second kappa shape index (κ2) is 12.4.